The van der Waals surface area contributed by atoms with E-state index in [1.54, 1.807) is 0 Å². The summed E-state index contributed by atoms with van der Waals surface area (Å²) in [4.78, 5) is 23.9. The monoisotopic (exact) mass is 448 g/mol. The van der Waals surface area contributed by atoms with Crippen LogP contribution in [0.2, 0.25) is 0 Å². The molecule has 0 aromatic rings. The van der Waals surface area contributed by atoms with Crippen molar-refractivity contribution >= 4 is 11.9 Å². The predicted octanol–water partition coefficient (Wildman–Crippen LogP) is -2.47. The Labute approximate surface area is 177 Å². The van der Waals surface area contributed by atoms with Gasteiger partial charge in [0, 0.05) is 19.3 Å². The Morgan fingerprint density at radius 1 is 1.19 bits per heavy atom. The van der Waals surface area contributed by atoms with E-state index in [9.17, 15) is 35.1 Å². The van der Waals surface area contributed by atoms with Gasteiger partial charge in [-0.1, -0.05) is 0 Å². The molecule has 0 amide bonds. The van der Waals surface area contributed by atoms with Crippen molar-refractivity contribution in [3.8, 4) is 0 Å². The smallest absolute Gasteiger partial charge is 0.337 e. The summed E-state index contributed by atoms with van der Waals surface area (Å²) in [6.07, 6.45) is -8.82. The van der Waals surface area contributed by atoms with E-state index >= 15 is 0 Å². The lowest BCUT2D eigenvalue weighted by molar-refractivity contribution is -0.346. The molecule has 0 aromatic heterocycles. The zero-order chi connectivity index (χ0) is 23.1. The number of carbonyl (C=O) groups excluding carboxylic acids is 2. The maximum absolute atomic E-state index is 12.3. The lowest BCUT2D eigenvalue weighted by atomic mass is 9.80. The Morgan fingerprint density at radius 3 is 2.45 bits per heavy atom. The zero-order valence-electron chi connectivity index (χ0n) is 17.3. The van der Waals surface area contributed by atoms with Crippen molar-refractivity contribution in [2.45, 2.75) is 69.0 Å². The van der Waals surface area contributed by atoms with Gasteiger partial charge in [0.2, 0.25) is 6.29 Å². The highest BCUT2D eigenvalue weighted by atomic mass is 16.8. The fourth-order valence-corrected chi connectivity index (χ4v) is 4.51. The quantitative estimate of drug-likeness (QED) is 0.280. The van der Waals surface area contributed by atoms with Crippen LogP contribution in [0.5, 0.6) is 0 Å². The molecule has 1 saturated heterocycles. The number of fused-ring (bicyclic) bond motifs is 1. The number of ether oxygens (including phenoxy) is 5. The van der Waals surface area contributed by atoms with Gasteiger partial charge in [-0.2, -0.15) is 0 Å². The van der Waals surface area contributed by atoms with Gasteiger partial charge in [0.25, 0.3) is 0 Å². The van der Waals surface area contributed by atoms with Crippen molar-refractivity contribution in [1.82, 2.24) is 0 Å². The van der Waals surface area contributed by atoms with Crippen LogP contribution in [0.25, 0.3) is 0 Å². The van der Waals surface area contributed by atoms with Crippen LogP contribution in [0.3, 0.4) is 0 Å². The van der Waals surface area contributed by atoms with Gasteiger partial charge >= 0.3 is 11.9 Å². The normalized spacial score (nSPS) is 44.6. The number of hydrogen-bond acceptors (Lipinski definition) is 12. The van der Waals surface area contributed by atoms with Crippen LogP contribution in [-0.2, 0) is 33.3 Å². The topological polar surface area (TPSA) is 181 Å². The summed E-state index contributed by atoms with van der Waals surface area (Å²) in [5.74, 6) is -3.15. The molecular weight excluding hydrogens is 420 g/mol. The van der Waals surface area contributed by atoms with Crippen LogP contribution in [-0.4, -0.2) is 99.9 Å². The molecule has 0 spiro atoms. The van der Waals surface area contributed by atoms with Gasteiger partial charge in [0.05, 0.1) is 37.1 Å². The maximum Gasteiger partial charge on any atom is 0.337 e. The molecule has 0 aromatic carbocycles. The van der Waals surface area contributed by atoms with E-state index in [0.29, 0.717) is 0 Å². The predicted molar refractivity (Wildman–Crippen MR) is 97.6 cm³/mol. The number of carbonyl (C=O) groups is 2. The third kappa shape index (κ3) is 4.42. The van der Waals surface area contributed by atoms with Crippen LogP contribution >= 0.6 is 0 Å². The maximum atomic E-state index is 12.3. The number of esters is 2. The van der Waals surface area contributed by atoms with Crippen LogP contribution in [0, 0.1) is 11.8 Å². The van der Waals surface area contributed by atoms with E-state index in [1.807, 2.05) is 0 Å². The van der Waals surface area contributed by atoms with Crippen molar-refractivity contribution in [3.63, 3.8) is 0 Å². The lowest BCUT2D eigenvalue weighted by Crippen LogP contribution is -2.60. The molecule has 31 heavy (non-hydrogen) atoms. The van der Waals surface area contributed by atoms with E-state index in [0.717, 1.165) is 6.26 Å². The number of aliphatic hydroxyl groups is 5. The Bertz CT molecular complexity index is 719. The first-order valence-electron chi connectivity index (χ1n) is 9.81. The summed E-state index contributed by atoms with van der Waals surface area (Å²) in [6, 6.07) is 0. The molecule has 10 unspecified atom stereocenters. The lowest BCUT2D eigenvalue weighted by Gasteiger charge is -2.44. The molecule has 3 aliphatic rings. The van der Waals surface area contributed by atoms with E-state index in [4.69, 9.17) is 23.7 Å². The van der Waals surface area contributed by atoms with Crippen molar-refractivity contribution in [1.29, 1.82) is 0 Å². The Balaban J connectivity index is 1.90. The van der Waals surface area contributed by atoms with Gasteiger partial charge in [-0.15, -0.1) is 0 Å². The first-order chi connectivity index (χ1) is 14.5. The van der Waals surface area contributed by atoms with Crippen molar-refractivity contribution in [2.24, 2.45) is 11.8 Å². The summed E-state index contributed by atoms with van der Waals surface area (Å²) in [6.45, 7) is 2.01. The average Bonchev–Trinajstić information content (AvgIpc) is 2.98. The highest BCUT2D eigenvalue weighted by molar-refractivity contribution is 5.89. The van der Waals surface area contributed by atoms with Gasteiger partial charge in [0.15, 0.2) is 6.29 Å². The first-order valence-corrected chi connectivity index (χ1v) is 9.81. The van der Waals surface area contributed by atoms with Crippen molar-refractivity contribution < 1.29 is 58.8 Å². The highest BCUT2D eigenvalue weighted by Gasteiger charge is 2.61. The number of methoxy groups -OCH3 is 1. The van der Waals surface area contributed by atoms with E-state index in [-0.39, 0.29) is 12.0 Å². The van der Waals surface area contributed by atoms with Gasteiger partial charge < -0.3 is 49.2 Å². The molecule has 12 heteroatoms. The minimum absolute atomic E-state index is 0.0326. The van der Waals surface area contributed by atoms with Crippen LogP contribution in [0.1, 0.15) is 20.3 Å². The summed E-state index contributed by atoms with van der Waals surface area (Å²) in [5.41, 5.74) is -1.50. The standard InChI is InChI=1S/C19H28O12/c1-7(21)29-9-4-19(2,26)12-11(9)8(16(25)27-3)6-28-17(12)31-18-15(24)14(23)13(22)10(5-20)30-18/h6,9-15,17-18,20,22-24,26H,4-5H2,1-3H3. The fraction of sp³-hybridized carbons (Fsp3) is 0.789. The molecule has 2 fully saturated rings. The molecule has 0 bridgehead atoms. The van der Waals surface area contributed by atoms with Crippen molar-refractivity contribution in [3.05, 3.63) is 11.8 Å². The number of aliphatic hydroxyl groups excluding tert-OH is 4. The second kappa shape index (κ2) is 8.98. The molecule has 3 rings (SSSR count). The fourth-order valence-electron chi connectivity index (χ4n) is 4.51. The van der Waals surface area contributed by atoms with Gasteiger partial charge in [-0.25, -0.2) is 4.79 Å². The Kier molecular flexibility index (Phi) is 6.91. The van der Waals surface area contributed by atoms with Crippen LogP contribution in [0.4, 0.5) is 0 Å². The second-order valence-electron chi connectivity index (χ2n) is 8.16. The Morgan fingerprint density at radius 2 is 1.87 bits per heavy atom. The average molecular weight is 448 g/mol. The Hall–Kier alpha value is -1.80. The van der Waals surface area contributed by atoms with Gasteiger partial charge in [-0.05, 0) is 6.92 Å². The molecule has 1 aliphatic carbocycles. The zero-order valence-corrected chi connectivity index (χ0v) is 17.3. The number of rotatable bonds is 5. The van der Waals surface area contributed by atoms with Crippen molar-refractivity contribution in [2.75, 3.05) is 13.7 Å². The van der Waals surface area contributed by atoms with Crippen LogP contribution in [0.15, 0.2) is 11.8 Å². The summed E-state index contributed by atoms with van der Waals surface area (Å²) >= 11 is 0. The minimum Gasteiger partial charge on any atom is -0.471 e. The van der Waals surface area contributed by atoms with Gasteiger partial charge in [-0.3, -0.25) is 4.79 Å². The molecule has 10 atom stereocenters. The van der Waals surface area contributed by atoms with E-state index in [1.165, 1.54) is 21.0 Å². The molecule has 176 valence electrons. The molecule has 1 saturated carbocycles. The summed E-state index contributed by atoms with van der Waals surface area (Å²) in [7, 11) is 1.17. The highest BCUT2D eigenvalue weighted by Crippen LogP contribution is 2.50. The third-order valence-corrected chi connectivity index (χ3v) is 5.96. The molecule has 0 radical (unpaired) electrons. The summed E-state index contributed by atoms with van der Waals surface area (Å²) in [5, 5.41) is 50.6. The van der Waals surface area contributed by atoms with Crippen LogP contribution < -0.4 is 0 Å². The molecular formula is C19H28O12. The second-order valence-corrected chi connectivity index (χ2v) is 8.16. The van der Waals surface area contributed by atoms with E-state index < -0.39 is 79.1 Å². The summed E-state index contributed by atoms with van der Waals surface area (Å²) < 4.78 is 26.6. The molecule has 2 heterocycles. The van der Waals surface area contributed by atoms with E-state index in [2.05, 4.69) is 0 Å². The first kappa shape index (κ1) is 23.9. The minimum atomic E-state index is -1.69. The SMILES string of the molecule is COC(=O)C1=COC(OC2OC(CO)C(O)C(O)C2O)C2C1C(OC(C)=O)CC2(C)O. The molecule has 12 nitrogen and oxygen atoms in total. The third-order valence-electron chi connectivity index (χ3n) is 5.96. The largest absolute Gasteiger partial charge is 0.471 e. The number of hydrogen-bond donors (Lipinski definition) is 5. The van der Waals surface area contributed by atoms with Gasteiger partial charge in [0.1, 0.15) is 30.5 Å². The molecule has 5 N–H and O–H groups in total. The molecule has 2 aliphatic heterocycles.